The lowest BCUT2D eigenvalue weighted by atomic mass is 10.0. The Morgan fingerprint density at radius 1 is 0.410 bits per heavy atom. The highest BCUT2D eigenvalue weighted by atomic mass is 16.5. The normalized spacial score (nSPS) is 12.4. The zero-order valence-electron chi connectivity index (χ0n) is 41.0. The van der Waals surface area contributed by atoms with Crippen molar-refractivity contribution in [2.45, 2.75) is 321 Å². The van der Waals surface area contributed by atoms with Crippen LogP contribution in [0.15, 0.2) is 0 Å². The highest BCUT2D eigenvalue weighted by Gasteiger charge is 2.19. The Hall–Kier alpha value is -1.63. The molecule has 0 rings (SSSR count). The number of amides is 1. The first-order valence-electron chi connectivity index (χ1n) is 27.4. The van der Waals surface area contributed by atoms with Crippen LogP contribution in [0, 0.1) is 0 Å². The molecule has 0 aromatic heterocycles. The smallest absolute Gasteiger partial charge is 0.326 e. The van der Waals surface area contributed by atoms with Crippen LogP contribution in [0.3, 0.4) is 0 Å². The topological polar surface area (TPSA) is 119 Å². The van der Waals surface area contributed by atoms with Crippen LogP contribution >= 0.6 is 0 Å². The fourth-order valence-electron chi connectivity index (χ4n) is 8.81. The lowest BCUT2D eigenvalue weighted by Gasteiger charge is -2.18. The molecular weight excluding hydrogens is 757 g/mol. The molecule has 7 heteroatoms. The SMILES string of the molecule is CCCCCCCCCCCCCCCCCCCCCCC(=O)OC(CCCCCCCCCCCCCCCCC)CCCCCCCC(=O)NC(CCCN)C(=O)O. The minimum atomic E-state index is -0.998. The van der Waals surface area contributed by atoms with Crippen molar-refractivity contribution in [3.8, 4) is 0 Å². The molecule has 0 fully saturated rings. The fourth-order valence-corrected chi connectivity index (χ4v) is 8.81. The van der Waals surface area contributed by atoms with Gasteiger partial charge in [-0.05, 0) is 57.9 Å². The number of hydrogen-bond donors (Lipinski definition) is 3. The zero-order valence-corrected chi connectivity index (χ0v) is 41.0. The van der Waals surface area contributed by atoms with E-state index in [0.29, 0.717) is 32.2 Å². The number of carbonyl (C=O) groups is 3. The summed E-state index contributed by atoms with van der Waals surface area (Å²) in [7, 11) is 0. The van der Waals surface area contributed by atoms with E-state index in [1.807, 2.05) is 0 Å². The number of unbranched alkanes of at least 4 members (excludes halogenated alkanes) is 37. The van der Waals surface area contributed by atoms with Crippen LogP contribution in [0.25, 0.3) is 0 Å². The molecule has 2 unspecified atom stereocenters. The maximum Gasteiger partial charge on any atom is 0.326 e. The van der Waals surface area contributed by atoms with Crippen LogP contribution in [0.2, 0.25) is 0 Å². The van der Waals surface area contributed by atoms with E-state index in [4.69, 9.17) is 10.5 Å². The molecule has 0 aliphatic carbocycles. The Labute approximate surface area is 379 Å². The van der Waals surface area contributed by atoms with Crippen molar-refractivity contribution in [3.05, 3.63) is 0 Å². The third kappa shape index (κ3) is 46.2. The van der Waals surface area contributed by atoms with E-state index >= 15 is 0 Å². The quantitative estimate of drug-likeness (QED) is 0.0414. The van der Waals surface area contributed by atoms with Gasteiger partial charge in [0, 0.05) is 12.8 Å². The summed E-state index contributed by atoms with van der Waals surface area (Å²) in [5.74, 6) is -1.20. The summed E-state index contributed by atoms with van der Waals surface area (Å²) in [6.45, 7) is 4.99. The molecule has 0 radical (unpaired) electrons. The number of ether oxygens (including phenoxy) is 1. The first kappa shape index (κ1) is 59.4. The van der Waals surface area contributed by atoms with Gasteiger partial charge in [-0.3, -0.25) is 9.59 Å². The molecule has 0 bridgehead atoms. The number of nitrogens with one attached hydrogen (secondary N) is 1. The van der Waals surface area contributed by atoms with E-state index < -0.39 is 12.0 Å². The first-order valence-corrected chi connectivity index (χ1v) is 27.4. The maximum atomic E-state index is 12.9. The summed E-state index contributed by atoms with van der Waals surface area (Å²) in [5.41, 5.74) is 5.51. The Kier molecular flexibility index (Phi) is 48.1. The van der Waals surface area contributed by atoms with Crippen LogP contribution in [-0.2, 0) is 19.1 Å². The van der Waals surface area contributed by atoms with Crippen LogP contribution in [0.1, 0.15) is 309 Å². The Morgan fingerprint density at radius 3 is 1.02 bits per heavy atom. The molecule has 0 saturated heterocycles. The number of carboxylic acids is 1. The number of aliphatic carboxylic acids is 1. The molecule has 0 saturated carbocycles. The van der Waals surface area contributed by atoms with Gasteiger partial charge in [0.1, 0.15) is 12.1 Å². The van der Waals surface area contributed by atoms with Gasteiger partial charge >= 0.3 is 11.9 Å². The number of carbonyl (C=O) groups excluding carboxylic acids is 2. The van der Waals surface area contributed by atoms with Crippen molar-refractivity contribution in [1.82, 2.24) is 5.32 Å². The standard InChI is InChI=1S/C54H106N2O5/c1-3-5-7-9-11-13-15-17-19-20-21-22-23-25-27-29-31-33-38-42-48-53(58)61-50(44-39-35-32-30-28-26-24-18-16-14-12-10-8-6-4-2)45-40-36-34-37-41-47-52(57)56-51(54(59)60)46-43-49-55/h50-51H,3-49,55H2,1-2H3,(H,56,57)(H,59,60). The lowest BCUT2D eigenvalue weighted by Crippen LogP contribution is -2.40. The highest BCUT2D eigenvalue weighted by Crippen LogP contribution is 2.20. The second-order valence-corrected chi connectivity index (χ2v) is 19.0. The average molecular weight is 863 g/mol. The predicted molar refractivity (Wildman–Crippen MR) is 262 cm³/mol. The summed E-state index contributed by atoms with van der Waals surface area (Å²) in [5, 5.41) is 12.0. The van der Waals surface area contributed by atoms with Gasteiger partial charge in [0.05, 0.1) is 0 Å². The van der Waals surface area contributed by atoms with Crippen molar-refractivity contribution in [1.29, 1.82) is 0 Å². The molecule has 0 aromatic carbocycles. The summed E-state index contributed by atoms with van der Waals surface area (Å²) in [6, 6.07) is -0.853. The molecule has 0 aromatic rings. The second kappa shape index (κ2) is 49.4. The summed E-state index contributed by atoms with van der Waals surface area (Å²) in [6.07, 6.45) is 56.0. The van der Waals surface area contributed by atoms with E-state index in [9.17, 15) is 19.5 Å². The molecule has 1 amide bonds. The van der Waals surface area contributed by atoms with E-state index in [1.165, 1.54) is 205 Å². The first-order chi connectivity index (χ1) is 29.9. The van der Waals surface area contributed by atoms with Crippen molar-refractivity contribution >= 4 is 17.8 Å². The Balaban J connectivity index is 4.19. The molecule has 4 N–H and O–H groups in total. The van der Waals surface area contributed by atoms with E-state index in [2.05, 4.69) is 19.2 Å². The van der Waals surface area contributed by atoms with E-state index in [0.717, 1.165) is 64.2 Å². The van der Waals surface area contributed by atoms with Crippen molar-refractivity contribution in [3.63, 3.8) is 0 Å². The van der Waals surface area contributed by atoms with E-state index in [1.54, 1.807) is 0 Å². The molecule has 0 heterocycles. The largest absolute Gasteiger partial charge is 0.480 e. The lowest BCUT2D eigenvalue weighted by molar-refractivity contribution is -0.150. The number of nitrogens with two attached hydrogens (primary N) is 1. The van der Waals surface area contributed by atoms with Crippen LogP contribution < -0.4 is 11.1 Å². The van der Waals surface area contributed by atoms with Gasteiger partial charge in [-0.2, -0.15) is 0 Å². The fraction of sp³-hybridized carbons (Fsp3) is 0.944. The summed E-state index contributed by atoms with van der Waals surface area (Å²) < 4.78 is 6.11. The van der Waals surface area contributed by atoms with Crippen LogP contribution in [0.4, 0.5) is 0 Å². The minimum Gasteiger partial charge on any atom is -0.480 e. The van der Waals surface area contributed by atoms with Crippen molar-refractivity contribution in [2.24, 2.45) is 5.73 Å². The third-order valence-electron chi connectivity index (χ3n) is 12.9. The summed E-state index contributed by atoms with van der Waals surface area (Å²) >= 11 is 0. The number of rotatable bonds is 51. The molecule has 362 valence electrons. The van der Waals surface area contributed by atoms with Crippen molar-refractivity contribution < 1.29 is 24.2 Å². The Morgan fingerprint density at radius 2 is 0.705 bits per heavy atom. The molecule has 0 aliphatic rings. The Bertz CT molecular complexity index is 929. The van der Waals surface area contributed by atoms with Gasteiger partial charge < -0.3 is 20.9 Å². The highest BCUT2D eigenvalue weighted by molar-refractivity contribution is 5.83. The van der Waals surface area contributed by atoms with Crippen molar-refractivity contribution in [2.75, 3.05) is 6.54 Å². The summed E-state index contributed by atoms with van der Waals surface area (Å²) in [4.78, 5) is 36.6. The monoisotopic (exact) mass is 863 g/mol. The predicted octanol–water partition coefficient (Wildman–Crippen LogP) is 16.4. The van der Waals surface area contributed by atoms with Gasteiger partial charge in [0.2, 0.25) is 5.91 Å². The van der Waals surface area contributed by atoms with Gasteiger partial charge in [0.15, 0.2) is 0 Å². The van der Waals surface area contributed by atoms with Crippen LogP contribution in [-0.4, -0.2) is 41.6 Å². The molecular formula is C54H106N2O5. The average Bonchev–Trinajstić information content (AvgIpc) is 3.25. The molecule has 61 heavy (non-hydrogen) atoms. The van der Waals surface area contributed by atoms with Crippen LogP contribution in [0.5, 0.6) is 0 Å². The maximum absolute atomic E-state index is 12.9. The third-order valence-corrected chi connectivity index (χ3v) is 12.9. The molecule has 0 aliphatic heterocycles. The number of hydrogen-bond acceptors (Lipinski definition) is 5. The van der Waals surface area contributed by atoms with E-state index in [-0.39, 0.29) is 18.0 Å². The second-order valence-electron chi connectivity index (χ2n) is 19.0. The number of carboxylic acid groups (broad SMARTS) is 1. The van der Waals surface area contributed by atoms with Gasteiger partial charge in [-0.25, -0.2) is 4.79 Å². The molecule has 0 spiro atoms. The van der Waals surface area contributed by atoms with Gasteiger partial charge in [-0.1, -0.05) is 245 Å². The molecule has 2 atom stereocenters. The van der Waals surface area contributed by atoms with Gasteiger partial charge in [-0.15, -0.1) is 0 Å². The zero-order chi connectivity index (χ0) is 44.5. The molecule has 7 nitrogen and oxygen atoms in total. The van der Waals surface area contributed by atoms with Gasteiger partial charge in [0.25, 0.3) is 0 Å². The number of esters is 1. The minimum absolute atomic E-state index is 0.00879.